The first kappa shape index (κ1) is 11.9. The third-order valence-electron chi connectivity index (χ3n) is 2.31. The Morgan fingerprint density at radius 1 is 1.53 bits per heavy atom. The molecule has 0 spiro atoms. The first-order valence-electron chi connectivity index (χ1n) is 4.91. The second-order valence-corrected chi connectivity index (χ2v) is 3.46. The predicted octanol–water partition coefficient (Wildman–Crippen LogP) is 0.379. The highest BCUT2D eigenvalue weighted by molar-refractivity contribution is 5.94. The zero-order chi connectivity index (χ0) is 11.4. The van der Waals surface area contributed by atoms with E-state index in [-0.39, 0.29) is 12.5 Å². The van der Waals surface area contributed by atoms with E-state index in [9.17, 15) is 18.4 Å². The van der Waals surface area contributed by atoms with Crippen LogP contribution in [-0.2, 0) is 9.59 Å². The third kappa shape index (κ3) is 2.87. The third-order valence-corrected chi connectivity index (χ3v) is 2.31. The number of nitrogens with one attached hydrogen (secondary N) is 1. The highest BCUT2D eigenvalue weighted by atomic mass is 19.3. The van der Waals surface area contributed by atoms with Gasteiger partial charge in [0.05, 0.1) is 13.1 Å². The summed E-state index contributed by atoms with van der Waals surface area (Å²) in [6, 6.07) is -0.731. The molecule has 0 aromatic heterocycles. The largest absolute Gasteiger partial charge is 0.345 e. The summed E-state index contributed by atoms with van der Waals surface area (Å²) >= 11 is 0. The number of nitrogens with zero attached hydrogens (tertiary/aromatic N) is 1. The van der Waals surface area contributed by atoms with Crippen LogP contribution in [0.4, 0.5) is 8.78 Å². The number of hydrogen-bond acceptors (Lipinski definition) is 2. The Hall–Kier alpha value is -1.20. The summed E-state index contributed by atoms with van der Waals surface area (Å²) in [5, 5.41) is 2.39. The fraction of sp³-hybridized carbons (Fsp3) is 0.778. The quantitative estimate of drug-likeness (QED) is 0.744. The summed E-state index contributed by atoms with van der Waals surface area (Å²) in [5.74, 6) is -0.773. The summed E-state index contributed by atoms with van der Waals surface area (Å²) in [6.45, 7) is 1.01. The van der Waals surface area contributed by atoms with Gasteiger partial charge in [-0.05, 0) is 6.42 Å². The van der Waals surface area contributed by atoms with Gasteiger partial charge in [0.1, 0.15) is 6.04 Å². The van der Waals surface area contributed by atoms with Gasteiger partial charge < -0.3 is 10.2 Å². The molecular weight excluding hydrogens is 206 g/mol. The molecule has 1 heterocycles. The van der Waals surface area contributed by atoms with Gasteiger partial charge in [-0.3, -0.25) is 9.59 Å². The van der Waals surface area contributed by atoms with E-state index in [2.05, 4.69) is 5.32 Å². The summed E-state index contributed by atoms with van der Waals surface area (Å²) in [4.78, 5) is 23.7. The van der Waals surface area contributed by atoms with Crippen LogP contribution < -0.4 is 5.32 Å². The fourth-order valence-corrected chi connectivity index (χ4v) is 1.64. The first-order chi connectivity index (χ1) is 7.06. The van der Waals surface area contributed by atoms with Crippen molar-refractivity contribution in [1.29, 1.82) is 0 Å². The van der Waals surface area contributed by atoms with E-state index in [0.717, 1.165) is 4.90 Å². The minimum Gasteiger partial charge on any atom is -0.345 e. The van der Waals surface area contributed by atoms with Crippen LogP contribution >= 0.6 is 0 Å². The Morgan fingerprint density at radius 3 is 2.73 bits per heavy atom. The van der Waals surface area contributed by atoms with Gasteiger partial charge in [0.2, 0.25) is 11.8 Å². The van der Waals surface area contributed by atoms with Crippen molar-refractivity contribution in [2.24, 2.45) is 0 Å². The monoisotopic (exact) mass is 220 g/mol. The van der Waals surface area contributed by atoms with Crippen molar-refractivity contribution in [3.05, 3.63) is 0 Å². The van der Waals surface area contributed by atoms with E-state index in [0.29, 0.717) is 12.8 Å². The van der Waals surface area contributed by atoms with Crippen LogP contribution in [0.3, 0.4) is 0 Å². The lowest BCUT2D eigenvalue weighted by Crippen LogP contribution is -2.59. The maximum Gasteiger partial charge on any atom is 0.255 e. The van der Waals surface area contributed by atoms with Crippen molar-refractivity contribution in [2.45, 2.75) is 32.2 Å². The van der Waals surface area contributed by atoms with Gasteiger partial charge in [-0.15, -0.1) is 0 Å². The summed E-state index contributed by atoms with van der Waals surface area (Å²) in [7, 11) is 0. The predicted molar refractivity (Wildman–Crippen MR) is 49.4 cm³/mol. The molecule has 1 fully saturated rings. The molecule has 1 atom stereocenters. The van der Waals surface area contributed by atoms with Gasteiger partial charge >= 0.3 is 0 Å². The van der Waals surface area contributed by atoms with Crippen molar-refractivity contribution in [1.82, 2.24) is 10.2 Å². The molecule has 1 N–H and O–H groups in total. The number of alkyl halides is 2. The standard InChI is InChI=1S/C9H14F2N2O2/c1-2-3-6-9(15)12-4-8(14)13(6)5-7(10)11/h6-7H,2-5H2,1H3,(H,12,15). The van der Waals surface area contributed by atoms with Crippen LogP contribution in [0.1, 0.15) is 19.8 Å². The zero-order valence-corrected chi connectivity index (χ0v) is 8.50. The van der Waals surface area contributed by atoms with E-state index in [1.165, 1.54) is 0 Å². The first-order valence-corrected chi connectivity index (χ1v) is 4.91. The highest BCUT2D eigenvalue weighted by Gasteiger charge is 2.34. The zero-order valence-electron chi connectivity index (χ0n) is 8.50. The van der Waals surface area contributed by atoms with Gasteiger partial charge in [-0.25, -0.2) is 8.78 Å². The lowest BCUT2D eigenvalue weighted by Gasteiger charge is -2.34. The maximum absolute atomic E-state index is 12.2. The minimum absolute atomic E-state index is 0.175. The van der Waals surface area contributed by atoms with E-state index in [1.807, 2.05) is 6.92 Å². The van der Waals surface area contributed by atoms with Crippen molar-refractivity contribution in [3.8, 4) is 0 Å². The molecule has 15 heavy (non-hydrogen) atoms. The van der Waals surface area contributed by atoms with Crippen LogP contribution in [0.5, 0.6) is 0 Å². The number of hydrogen-bond donors (Lipinski definition) is 1. The second kappa shape index (κ2) is 5.04. The van der Waals surface area contributed by atoms with Gasteiger partial charge in [-0.1, -0.05) is 13.3 Å². The minimum atomic E-state index is -2.60. The highest BCUT2D eigenvalue weighted by Crippen LogP contribution is 2.13. The number of carbonyl (C=O) groups excluding carboxylic acids is 2. The maximum atomic E-state index is 12.2. The van der Waals surface area contributed by atoms with Crippen molar-refractivity contribution >= 4 is 11.8 Å². The molecule has 1 aliphatic rings. The summed E-state index contributed by atoms with van der Waals surface area (Å²) < 4.78 is 24.4. The number of amides is 2. The van der Waals surface area contributed by atoms with Gasteiger partial charge in [-0.2, -0.15) is 0 Å². The van der Waals surface area contributed by atoms with Crippen LogP contribution in [-0.4, -0.2) is 42.3 Å². The Labute approximate surface area is 86.6 Å². The second-order valence-electron chi connectivity index (χ2n) is 3.46. The molecular formula is C9H14F2N2O2. The molecule has 2 amide bonds. The fourth-order valence-electron chi connectivity index (χ4n) is 1.64. The molecule has 1 aliphatic heterocycles. The van der Waals surface area contributed by atoms with Crippen molar-refractivity contribution in [3.63, 3.8) is 0 Å². The normalized spacial score (nSPS) is 22.1. The Morgan fingerprint density at radius 2 is 2.20 bits per heavy atom. The van der Waals surface area contributed by atoms with Crippen LogP contribution in [0.25, 0.3) is 0 Å². The van der Waals surface area contributed by atoms with E-state index < -0.39 is 24.9 Å². The molecule has 1 unspecified atom stereocenters. The lowest BCUT2D eigenvalue weighted by atomic mass is 10.1. The van der Waals surface area contributed by atoms with Gasteiger partial charge in [0.25, 0.3) is 6.43 Å². The molecule has 0 aliphatic carbocycles. The number of carbonyl (C=O) groups is 2. The molecule has 0 bridgehead atoms. The number of piperazine rings is 1. The van der Waals surface area contributed by atoms with Crippen LogP contribution in [0, 0.1) is 0 Å². The van der Waals surface area contributed by atoms with Crippen molar-refractivity contribution < 1.29 is 18.4 Å². The van der Waals surface area contributed by atoms with Crippen LogP contribution in [0.2, 0.25) is 0 Å². The molecule has 1 saturated heterocycles. The lowest BCUT2D eigenvalue weighted by molar-refractivity contribution is -0.147. The van der Waals surface area contributed by atoms with Crippen LogP contribution in [0.15, 0.2) is 0 Å². The Kier molecular flexibility index (Phi) is 3.99. The number of rotatable bonds is 4. The molecule has 86 valence electrons. The SMILES string of the molecule is CCCC1C(=O)NCC(=O)N1CC(F)F. The van der Waals surface area contributed by atoms with Gasteiger partial charge in [0, 0.05) is 0 Å². The molecule has 1 rings (SSSR count). The summed E-state index contributed by atoms with van der Waals surface area (Å²) in [6.07, 6.45) is -1.51. The molecule has 0 aromatic rings. The Bertz CT molecular complexity index is 258. The van der Waals surface area contributed by atoms with Gasteiger partial charge in [0.15, 0.2) is 0 Å². The van der Waals surface area contributed by atoms with E-state index in [1.54, 1.807) is 0 Å². The van der Waals surface area contributed by atoms with E-state index in [4.69, 9.17) is 0 Å². The Balaban J connectivity index is 2.73. The van der Waals surface area contributed by atoms with E-state index >= 15 is 0 Å². The molecule has 0 radical (unpaired) electrons. The molecule has 6 heteroatoms. The topological polar surface area (TPSA) is 49.4 Å². The summed E-state index contributed by atoms with van der Waals surface area (Å²) in [5.41, 5.74) is 0. The number of halogens is 2. The smallest absolute Gasteiger partial charge is 0.255 e. The van der Waals surface area contributed by atoms with Crippen molar-refractivity contribution in [2.75, 3.05) is 13.1 Å². The molecule has 0 aromatic carbocycles. The molecule has 4 nitrogen and oxygen atoms in total. The average molecular weight is 220 g/mol. The average Bonchev–Trinajstić information content (AvgIpc) is 2.17. The molecule has 0 saturated carbocycles.